The number of nitrogens with zero attached hydrogens (tertiary/aromatic N) is 1. The zero-order valence-corrected chi connectivity index (χ0v) is 11.7. The third kappa shape index (κ3) is 2.76. The maximum atomic E-state index is 9.42. The van der Waals surface area contributed by atoms with Gasteiger partial charge in [0.25, 0.3) is 0 Å². The van der Waals surface area contributed by atoms with Gasteiger partial charge in [0.1, 0.15) is 4.99 Å². The molecule has 0 aliphatic carbocycles. The first-order chi connectivity index (χ1) is 8.63. The number of benzene rings is 1. The highest BCUT2D eigenvalue weighted by Crippen LogP contribution is 2.28. The fourth-order valence-corrected chi connectivity index (χ4v) is 2.92. The van der Waals surface area contributed by atoms with Crippen LogP contribution in [0.4, 0.5) is 5.69 Å². The van der Waals surface area contributed by atoms with Crippen LogP contribution in [-0.4, -0.2) is 29.3 Å². The number of aliphatic hydroxyl groups excluding tert-OH is 1. The van der Waals surface area contributed by atoms with Crippen molar-refractivity contribution in [3.05, 3.63) is 28.8 Å². The topological polar surface area (TPSA) is 49.5 Å². The molecule has 1 aromatic carbocycles. The molecule has 0 spiro atoms. The predicted octanol–water partition coefficient (Wildman–Crippen LogP) is 2.33. The van der Waals surface area contributed by atoms with Crippen molar-refractivity contribution in [2.24, 2.45) is 5.73 Å². The van der Waals surface area contributed by atoms with Crippen LogP contribution in [-0.2, 0) is 0 Å². The Morgan fingerprint density at radius 1 is 1.50 bits per heavy atom. The summed E-state index contributed by atoms with van der Waals surface area (Å²) in [5, 5.41) is 9.99. The minimum Gasteiger partial charge on any atom is -0.394 e. The zero-order valence-electron chi connectivity index (χ0n) is 10.1. The van der Waals surface area contributed by atoms with E-state index < -0.39 is 0 Å². The van der Waals surface area contributed by atoms with Crippen LogP contribution in [0, 0.1) is 0 Å². The number of rotatable bonds is 3. The third-order valence-corrected chi connectivity index (χ3v) is 3.92. The summed E-state index contributed by atoms with van der Waals surface area (Å²) in [6.07, 6.45) is 3.33. The molecule has 0 amide bonds. The van der Waals surface area contributed by atoms with Crippen molar-refractivity contribution >= 4 is 34.5 Å². The Balaban J connectivity index is 2.27. The van der Waals surface area contributed by atoms with Crippen molar-refractivity contribution in [3.8, 4) is 0 Å². The number of halogens is 1. The van der Waals surface area contributed by atoms with Crippen LogP contribution in [0.3, 0.4) is 0 Å². The molecule has 2 rings (SSSR count). The maximum absolute atomic E-state index is 9.42. The maximum Gasteiger partial charge on any atom is 0.105 e. The Bertz CT molecular complexity index is 453. The zero-order chi connectivity index (χ0) is 13.1. The summed E-state index contributed by atoms with van der Waals surface area (Å²) in [6.45, 7) is 1.13. The van der Waals surface area contributed by atoms with Crippen LogP contribution >= 0.6 is 23.8 Å². The lowest BCUT2D eigenvalue weighted by molar-refractivity contribution is 0.240. The van der Waals surface area contributed by atoms with Gasteiger partial charge in [0.05, 0.1) is 17.7 Å². The molecule has 1 atom stereocenters. The van der Waals surface area contributed by atoms with Gasteiger partial charge in [-0.05, 0) is 37.5 Å². The minimum absolute atomic E-state index is 0.175. The summed E-state index contributed by atoms with van der Waals surface area (Å²) in [6, 6.07) is 5.88. The number of anilines is 1. The van der Waals surface area contributed by atoms with Gasteiger partial charge >= 0.3 is 0 Å². The van der Waals surface area contributed by atoms with Crippen molar-refractivity contribution in [2.75, 3.05) is 18.1 Å². The number of hydrogen-bond acceptors (Lipinski definition) is 3. The van der Waals surface area contributed by atoms with E-state index >= 15 is 0 Å². The van der Waals surface area contributed by atoms with Crippen molar-refractivity contribution in [1.82, 2.24) is 0 Å². The number of nitrogens with two attached hydrogens (primary N) is 1. The largest absolute Gasteiger partial charge is 0.394 e. The van der Waals surface area contributed by atoms with E-state index in [0.717, 1.165) is 25.1 Å². The molecule has 0 saturated carbocycles. The highest BCUT2D eigenvalue weighted by molar-refractivity contribution is 7.80. The molecule has 1 heterocycles. The average molecular weight is 285 g/mol. The standard InChI is InChI=1S/C13H17ClN2OS/c14-12-7-9(4-5-11(12)13(15)18)16-6-2-1-3-10(16)8-17/h4-5,7,10,17H,1-3,6,8H2,(H2,15,18). The van der Waals surface area contributed by atoms with Gasteiger partial charge in [0, 0.05) is 17.8 Å². The van der Waals surface area contributed by atoms with E-state index in [-0.39, 0.29) is 12.6 Å². The number of aliphatic hydroxyl groups is 1. The van der Waals surface area contributed by atoms with Crippen LogP contribution in [0.5, 0.6) is 0 Å². The summed E-state index contributed by atoms with van der Waals surface area (Å²) in [5.41, 5.74) is 7.32. The van der Waals surface area contributed by atoms with Crippen LogP contribution in [0.15, 0.2) is 18.2 Å². The normalized spacial score (nSPS) is 19.9. The average Bonchev–Trinajstić information content (AvgIpc) is 2.38. The second-order valence-corrected chi connectivity index (χ2v) is 5.40. The molecular weight excluding hydrogens is 268 g/mol. The van der Waals surface area contributed by atoms with Crippen molar-refractivity contribution in [2.45, 2.75) is 25.3 Å². The summed E-state index contributed by atoms with van der Waals surface area (Å²) < 4.78 is 0. The highest BCUT2D eigenvalue weighted by Gasteiger charge is 2.22. The first kappa shape index (κ1) is 13.6. The molecule has 0 bridgehead atoms. The Hall–Kier alpha value is -0.840. The smallest absolute Gasteiger partial charge is 0.105 e. The first-order valence-electron chi connectivity index (χ1n) is 6.10. The second-order valence-electron chi connectivity index (χ2n) is 4.55. The van der Waals surface area contributed by atoms with E-state index in [1.165, 1.54) is 6.42 Å². The van der Waals surface area contributed by atoms with Crippen LogP contribution in [0.1, 0.15) is 24.8 Å². The molecule has 3 N–H and O–H groups in total. The molecule has 1 fully saturated rings. The second kappa shape index (κ2) is 5.87. The lowest BCUT2D eigenvalue weighted by Crippen LogP contribution is -2.41. The lowest BCUT2D eigenvalue weighted by Gasteiger charge is -2.36. The fraction of sp³-hybridized carbons (Fsp3) is 0.462. The Morgan fingerprint density at radius 3 is 2.89 bits per heavy atom. The molecular formula is C13H17ClN2OS. The quantitative estimate of drug-likeness (QED) is 0.837. The van der Waals surface area contributed by atoms with Crippen LogP contribution in [0.2, 0.25) is 5.02 Å². The number of hydrogen-bond donors (Lipinski definition) is 2. The molecule has 18 heavy (non-hydrogen) atoms. The number of piperidine rings is 1. The summed E-state index contributed by atoms with van der Waals surface area (Å²) in [4.78, 5) is 2.52. The van der Waals surface area contributed by atoms with Gasteiger partial charge in [-0.15, -0.1) is 0 Å². The van der Waals surface area contributed by atoms with Crippen LogP contribution < -0.4 is 10.6 Å². The van der Waals surface area contributed by atoms with Crippen molar-refractivity contribution in [1.29, 1.82) is 0 Å². The Morgan fingerprint density at radius 2 is 2.28 bits per heavy atom. The third-order valence-electron chi connectivity index (χ3n) is 3.39. The van der Waals surface area contributed by atoms with Gasteiger partial charge in [0.15, 0.2) is 0 Å². The van der Waals surface area contributed by atoms with Crippen LogP contribution in [0.25, 0.3) is 0 Å². The fourth-order valence-electron chi connectivity index (χ4n) is 2.41. The van der Waals surface area contributed by atoms with Gasteiger partial charge in [-0.1, -0.05) is 23.8 Å². The Kier molecular flexibility index (Phi) is 4.43. The molecule has 1 saturated heterocycles. The van der Waals surface area contributed by atoms with E-state index in [4.69, 9.17) is 29.6 Å². The lowest BCUT2D eigenvalue weighted by atomic mass is 10.0. The first-order valence-corrected chi connectivity index (χ1v) is 6.89. The van der Waals surface area contributed by atoms with E-state index in [0.29, 0.717) is 15.6 Å². The summed E-state index contributed by atoms with van der Waals surface area (Å²) in [7, 11) is 0. The minimum atomic E-state index is 0.175. The van der Waals surface area contributed by atoms with Gasteiger partial charge in [0.2, 0.25) is 0 Å². The SMILES string of the molecule is NC(=S)c1ccc(N2CCCCC2CO)cc1Cl. The molecule has 1 unspecified atom stereocenters. The van der Waals surface area contributed by atoms with Gasteiger partial charge in [-0.2, -0.15) is 0 Å². The molecule has 1 aliphatic rings. The molecule has 1 aromatic rings. The predicted molar refractivity (Wildman–Crippen MR) is 79.4 cm³/mol. The Labute approximate surface area is 118 Å². The van der Waals surface area contributed by atoms with E-state index in [9.17, 15) is 5.11 Å². The van der Waals surface area contributed by atoms with E-state index in [2.05, 4.69) is 4.90 Å². The van der Waals surface area contributed by atoms with E-state index in [1.807, 2.05) is 18.2 Å². The number of thiocarbonyl (C=S) groups is 1. The molecule has 0 aromatic heterocycles. The molecule has 0 radical (unpaired) electrons. The van der Waals surface area contributed by atoms with Crippen molar-refractivity contribution in [3.63, 3.8) is 0 Å². The van der Waals surface area contributed by atoms with Crippen molar-refractivity contribution < 1.29 is 5.11 Å². The van der Waals surface area contributed by atoms with Gasteiger partial charge in [-0.25, -0.2) is 0 Å². The monoisotopic (exact) mass is 284 g/mol. The molecule has 98 valence electrons. The summed E-state index contributed by atoms with van der Waals surface area (Å²) >= 11 is 11.1. The molecule has 3 nitrogen and oxygen atoms in total. The molecule has 5 heteroatoms. The highest BCUT2D eigenvalue weighted by atomic mass is 35.5. The summed E-state index contributed by atoms with van der Waals surface area (Å²) in [5.74, 6) is 0. The van der Waals surface area contributed by atoms with Gasteiger partial charge < -0.3 is 15.7 Å². The van der Waals surface area contributed by atoms with E-state index in [1.54, 1.807) is 0 Å². The molecule has 1 aliphatic heterocycles. The van der Waals surface area contributed by atoms with Gasteiger partial charge in [-0.3, -0.25) is 0 Å².